The van der Waals surface area contributed by atoms with Crippen molar-refractivity contribution in [2.75, 3.05) is 24.5 Å². The molecule has 198 valence electrons. The van der Waals surface area contributed by atoms with Crippen LogP contribution in [-0.2, 0) is 16.8 Å². The molecule has 1 fully saturated rings. The van der Waals surface area contributed by atoms with Crippen LogP contribution >= 0.6 is 0 Å². The van der Waals surface area contributed by atoms with E-state index in [1.165, 1.54) is 0 Å². The van der Waals surface area contributed by atoms with Gasteiger partial charge in [-0.25, -0.2) is 14.8 Å². The number of anilines is 1. The van der Waals surface area contributed by atoms with Gasteiger partial charge in [-0.1, -0.05) is 0 Å². The average Bonchev–Trinajstić information content (AvgIpc) is 3.55. The van der Waals surface area contributed by atoms with E-state index in [1.807, 2.05) is 15.6 Å². The Kier molecular flexibility index (Phi) is 7.23. The van der Waals surface area contributed by atoms with Gasteiger partial charge < -0.3 is 19.3 Å². The van der Waals surface area contributed by atoms with Crippen LogP contribution < -0.4 is 4.90 Å². The molecular weight excluding hydrogens is 493 g/mol. The fourth-order valence-corrected chi connectivity index (χ4v) is 4.64. The van der Waals surface area contributed by atoms with Gasteiger partial charge in [-0.15, -0.1) is 0 Å². The molecule has 1 N–H and O–H groups in total. The minimum atomic E-state index is -5.08. The van der Waals surface area contributed by atoms with E-state index in [2.05, 4.69) is 34.9 Å². The summed E-state index contributed by atoms with van der Waals surface area (Å²) in [7, 11) is 0. The van der Waals surface area contributed by atoms with Crippen LogP contribution in [0.15, 0.2) is 47.5 Å². The van der Waals surface area contributed by atoms with E-state index in [9.17, 15) is 18.0 Å². The van der Waals surface area contributed by atoms with Crippen molar-refractivity contribution in [1.82, 2.24) is 24.6 Å². The molecule has 37 heavy (non-hydrogen) atoms. The summed E-state index contributed by atoms with van der Waals surface area (Å²) in [5.41, 5.74) is 2.12. The molecule has 0 aliphatic carbocycles. The first-order valence-electron chi connectivity index (χ1n) is 11.7. The van der Waals surface area contributed by atoms with Gasteiger partial charge in [0.25, 0.3) is 5.91 Å². The van der Waals surface area contributed by atoms with Crippen molar-refractivity contribution in [2.45, 2.75) is 50.9 Å². The number of hydrogen-bond acceptors (Lipinski definition) is 7. The first-order valence-corrected chi connectivity index (χ1v) is 11.7. The van der Waals surface area contributed by atoms with Crippen molar-refractivity contribution in [3.8, 4) is 0 Å². The van der Waals surface area contributed by atoms with Crippen LogP contribution in [0.25, 0.3) is 0 Å². The van der Waals surface area contributed by atoms with Crippen LogP contribution in [0.2, 0.25) is 0 Å². The number of aromatic nitrogens is 4. The third kappa shape index (κ3) is 5.59. The number of halogens is 3. The maximum absolute atomic E-state index is 13.1. The van der Waals surface area contributed by atoms with E-state index in [0.29, 0.717) is 18.8 Å². The van der Waals surface area contributed by atoms with Crippen molar-refractivity contribution >= 4 is 17.8 Å². The molecule has 0 unspecified atom stereocenters. The molecule has 10 nitrogen and oxygen atoms in total. The smallest absolute Gasteiger partial charge is 0.475 e. The Balaban J connectivity index is 0.000000405. The summed E-state index contributed by atoms with van der Waals surface area (Å²) in [6, 6.07) is 5.60. The lowest BCUT2D eigenvalue weighted by Crippen LogP contribution is -2.53. The average molecular weight is 521 g/mol. The summed E-state index contributed by atoms with van der Waals surface area (Å²) in [6.07, 6.45) is 3.92. The van der Waals surface area contributed by atoms with Crippen molar-refractivity contribution in [1.29, 1.82) is 0 Å². The van der Waals surface area contributed by atoms with E-state index >= 15 is 0 Å². The molecule has 5 rings (SSSR count). The molecule has 3 aromatic heterocycles. The number of rotatable bonds is 3. The Labute approximate surface area is 210 Å². The van der Waals surface area contributed by atoms with Crippen molar-refractivity contribution in [3.63, 3.8) is 0 Å². The molecule has 1 spiro atoms. The number of nitrogens with zero attached hydrogens (tertiary/aromatic N) is 6. The number of alkyl halides is 3. The molecule has 5 heterocycles. The summed E-state index contributed by atoms with van der Waals surface area (Å²) in [4.78, 5) is 34.9. The topological polar surface area (TPSA) is 118 Å². The Bertz CT molecular complexity index is 1220. The Morgan fingerprint density at radius 1 is 1.14 bits per heavy atom. The second-order valence-corrected chi connectivity index (χ2v) is 9.33. The molecule has 2 aliphatic heterocycles. The van der Waals surface area contributed by atoms with Crippen LogP contribution in [0.4, 0.5) is 19.1 Å². The maximum Gasteiger partial charge on any atom is 0.490 e. The van der Waals surface area contributed by atoms with E-state index in [1.54, 1.807) is 30.8 Å². The number of fused-ring (bicyclic) bond motifs is 2. The van der Waals surface area contributed by atoms with Gasteiger partial charge in [0.05, 0.1) is 12.0 Å². The minimum absolute atomic E-state index is 0.0591. The Hall–Kier alpha value is -3.90. The predicted octanol–water partition coefficient (Wildman–Crippen LogP) is 3.67. The first kappa shape index (κ1) is 26.2. The zero-order valence-electron chi connectivity index (χ0n) is 20.4. The van der Waals surface area contributed by atoms with E-state index in [4.69, 9.17) is 19.4 Å². The summed E-state index contributed by atoms with van der Waals surface area (Å²) >= 11 is 0. The van der Waals surface area contributed by atoms with Crippen LogP contribution in [0.1, 0.15) is 54.5 Å². The zero-order chi connectivity index (χ0) is 26.8. The third-order valence-corrected chi connectivity index (χ3v) is 6.51. The minimum Gasteiger partial charge on any atom is -0.475 e. The molecule has 0 saturated carbocycles. The highest BCUT2D eigenvalue weighted by atomic mass is 19.4. The SMILES string of the molecule is CC(C)n1cc2c(n1)C1(CCN(c3ncccn3)CC1)CN(C(=O)c1ccco1)C2.O=C(O)C(F)(F)F. The summed E-state index contributed by atoms with van der Waals surface area (Å²) in [5.74, 6) is -1.66. The molecule has 1 saturated heterocycles. The first-order chi connectivity index (χ1) is 17.5. The van der Waals surface area contributed by atoms with Crippen molar-refractivity contribution in [2.24, 2.45) is 0 Å². The zero-order valence-corrected chi connectivity index (χ0v) is 20.4. The van der Waals surface area contributed by atoms with Gasteiger partial charge in [-0.05, 0) is 44.9 Å². The van der Waals surface area contributed by atoms with Crippen LogP contribution in [0.3, 0.4) is 0 Å². The summed E-state index contributed by atoms with van der Waals surface area (Å²) < 4.78 is 39.2. The largest absolute Gasteiger partial charge is 0.490 e. The number of aliphatic carboxylic acids is 1. The molecular formula is C24H27F3N6O4. The Morgan fingerprint density at radius 3 is 2.32 bits per heavy atom. The van der Waals surface area contributed by atoms with Gasteiger partial charge in [0.15, 0.2) is 5.76 Å². The highest BCUT2D eigenvalue weighted by Crippen LogP contribution is 2.42. The highest BCUT2D eigenvalue weighted by molar-refractivity contribution is 5.91. The second-order valence-electron chi connectivity index (χ2n) is 9.33. The molecule has 3 aromatic rings. The molecule has 0 atom stereocenters. The van der Waals surface area contributed by atoms with Gasteiger partial charge in [-0.3, -0.25) is 9.48 Å². The number of hydrogen-bond donors (Lipinski definition) is 1. The van der Waals surface area contributed by atoms with Crippen molar-refractivity contribution in [3.05, 3.63) is 60.1 Å². The molecule has 2 aliphatic rings. The van der Waals surface area contributed by atoms with Gasteiger partial charge in [0, 0.05) is 61.8 Å². The fraction of sp³-hybridized carbons (Fsp3) is 0.458. The van der Waals surface area contributed by atoms with E-state index in [0.717, 1.165) is 43.1 Å². The normalized spacial score (nSPS) is 16.8. The number of carboxylic acids is 1. The van der Waals surface area contributed by atoms with Gasteiger partial charge in [-0.2, -0.15) is 18.3 Å². The number of carbonyl (C=O) groups excluding carboxylic acids is 1. The van der Waals surface area contributed by atoms with Gasteiger partial charge in [0.1, 0.15) is 0 Å². The Morgan fingerprint density at radius 2 is 1.78 bits per heavy atom. The third-order valence-electron chi connectivity index (χ3n) is 6.51. The lowest BCUT2D eigenvalue weighted by atomic mass is 9.72. The van der Waals surface area contributed by atoms with E-state index in [-0.39, 0.29) is 17.4 Å². The van der Waals surface area contributed by atoms with E-state index < -0.39 is 12.1 Å². The number of amides is 1. The molecule has 0 radical (unpaired) electrons. The monoisotopic (exact) mass is 520 g/mol. The summed E-state index contributed by atoms with van der Waals surface area (Å²) in [5, 5.41) is 12.1. The lowest BCUT2D eigenvalue weighted by Gasteiger charge is -2.46. The lowest BCUT2D eigenvalue weighted by molar-refractivity contribution is -0.192. The quantitative estimate of drug-likeness (QED) is 0.556. The van der Waals surface area contributed by atoms with Gasteiger partial charge in [0.2, 0.25) is 5.95 Å². The molecule has 1 amide bonds. The fourth-order valence-electron chi connectivity index (χ4n) is 4.64. The number of carboxylic acid groups (broad SMARTS) is 1. The van der Waals surface area contributed by atoms with Crippen LogP contribution in [0, 0.1) is 0 Å². The highest BCUT2D eigenvalue weighted by Gasteiger charge is 2.46. The molecule has 0 bridgehead atoms. The molecule has 13 heteroatoms. The predicted molar refractivity (Wildman–Crippen MR) is 125 cm³/mol. The number of carbonyl (C=O) groups is 2. The second kappa shape index (κ2) is 10.2. The molecule has 0 aromatic carbocycles. The maximum atomic E-state index is 13.1. The van der Waals surface area contributed by atoms with Crippen LogP contribution in [-0.4, -0.2) is 67.4 Å². The number of piperidine rings is 1. The van der Waals surface area contributed by atoms with Gasteiger partial charge >= 0.3 is 12.1 Å². The van der Waals surface area contributed by atoms with Crippen molar-refractivity contribution < 1.29 is 32.3 Å². The number of furan rings is 1. The summed E-state index contributed by atoms with van der Waals surface area (Å²) in [6.45, 7) is 7.15. The standard InChI is InChI=1S/C22H26N6O2.C2HF3O2/c1-16(2)28-14-17-13-27(20(29)18-5-3-12-30-18)15-22(19(17)25-28)6-10-26(11-7-22)21-23-8-4-9-24-21;3-2(4,5)1(6)7/h3-5,8-9,12,14,16H,6-7,10-11,13,15H2,1-2H3;(H,6,7). The van der Waals surface area contributed by atoms with Crippen LogP contribution in [0.5, 0.6) is 0 Å².